The van der Waals surface area contributed by atoms with Crippen molar-refractivity contribution >= 4 is 29.6 Å². The summed E-state index contributed by atoms with van der Waals surface area (Å²) in [7, 11) is 0. The van der Waals surface area contributed by atoms with Crippen LogP contribution in [0.4, 0.5) is 15.3 Å². The molecule has 0 aliphatic carbocycles. The minimum absolute atomic E-state index is 0.0902. The van der Waals surface area contributed by atoms with Crippen molar-refractivity contribution in [1.29, 1.82) is 0 Å². The van der Waals surface area contributed by atoms with Crippen LogP contribution in [0.15, 0.2) is 24.3 Å². The van der Waals surface area contributed by atoms with Crippen molar-refractivity contribution in [2.24, 2.45) is 17.4 Å². The lowest BCUT2D eigenvalue weighted by Gasteiger charge is -2.22. The number of nitrogens with one attached hydrogen (secondary N) is 4. The van der Waals surface area contributed by atoms with Gasteiger partial charge in [-0.1, -0.05) is 26.0 Å². The van der Waals surface area contributed by atoms with Gasteiger partial charge in [0.1, 0.15) is 11.6 Å². The molecule has 2 atom stereocenters. The molecule has 0 saturated heterocycles. The number of nitrogens with two attached hydrogens (primary N) is 2. The highest BCUT2D eigenvalue weighted by molar-refractivity contribution is 5.97. The normalized spacial score (nSPS) is 12.9. The minimum Gasteiger partial charge on any atom is -0.444 e. The Hall–Kier alpha value is -3.34. The number of carbonyl (C=O) groups is 4. The number of hydrogen-bond donors (Lipinski definition) is 6. The van der Waals surface area contributed by atoms with E-state index in [1.165, 1.54) is 0 Å². The highest BCUT2D eigenvalue weighted by Crippen LogP contribution is 2.12. The van der Waals surface area contributed by atoms with E-state index >= 15 is 0 Å². The van der Waals surface area contributed by atoms with Crippen molar-refractivity contribution in [3.05, 3.63) is 29.8 Å². The van der Waals surface area contributed by atoms with Crippen LogP contribution < -0.4 is 32.7 Å². The van der Waals surface area contributed by atoms with Gasteiger partial charge >= 0.3 is 12.1 Å². The summed E-state index contributed by atoms with van der Waals surface area (Å²) >= 11 is 0. The van der Waals surface area contributed by atoms with Crippen molar-refractivity contribution < 1.29 is 23.9 Å². The SMILES string of the molecule is CC(C)[C@@H](N)C(=O)NC(CCCNC(N)=O)C(=O)Nc1ccc(CCNC(=O)OC(C)(C)C)cc1. The number of ether oxygens (including phenoxy) is 1. The molecule has 0 aromatic heterocycles. The van der Waals surface area contributed by atoms with E-state index in [-0.39, 0.29) is 18.9 Å². The van der Waals surface area contributed by atoms with Gasteiger partial charge in [-0.2, -0.15) is 0 Å². The lowest BCUT2D eigenvalue weighted by molar-refractivity contribution is -0.128. The van der Waals surface area contributed by atoms with Gasteiger partial charge < -0.3 is 37.5 Å². The zero-order chi connectivity index (χ0) is 26.6. The number of urea groups is 1. The van der Waals surface area contributed by atoms with Crippen molar-refractivity contribution in [3.8, 4) is 0 Å². The zero-order valence-corrected chi connectivity index (χ0v) is 21.3. The molecule has 5 amide bonds. The van der Waals surface area contributed by atoms with E-state index in [1.807, 2.05) is 26.0 Å². The Balaban J connectivity index is 2.67. The molecule has 8 N–H and O–H groups in total. The summed E-state index contributed by atoms with van der Waals surface area (Å²) in [6, 6.07) is 4.93. The summed E-state index contributed by atoms with van der Waals surface area (Å²) in [5.41, 5.74) is 11.9. The molecule has 1 rings (SSSR count). The second-order valence-electron chi connectivity index (χ2n) is 9.63. The van der Waals surface area contributed by atoms with Crippen LogP contribution in [-0.4, -0.2) is 54.7 Å². The van der Waals surface area contributed by atoms with Crippen molar-refractivity contribution in [2.75, 3.05) is 18.4 Å². The van der Waals surface area contributed by atoms with Gasteiger partial charge in [-0.25, -0.2) is 9.59 Å². The van der Waals surface area contributed by atoms with E-state index in [0.717, 1.165) is 5.56 Å². The molecule has 35 heavy (non-hydrogen) atoms. The number of benzene rings is 1. The molecular formula is C24H40N6O5. The molecule has 0 bridgehead atoms. The van der Waals surface area contributed by atoms with Gasteiger partial charge in [-0.3, -0.25) is 9.59 Å². The Morgan fingerprint density at radius 1 is 0.971 bits per heavy atom. The van der Waals surface area contributed by atoms with Crippen LogP contribution in [0.3, 0.4) is 0 Å². The van der Waals surface area contributed by atoms with Crippen LogP contribution in [0.2, 0.25) is 0 Å². The number of hydrogen-bond acceptors (Lipinski definition) is 6. The van der Waals surface area contributed by atoms with E-state index in [2.05, 4.69) is 21.3 Å². The standard InChI is InChI=1S/C24H40N6O5/c1-15(2)19(25)21(32)30-18(7-6-13-27-22(26)33)20(31)29-17-10-8-16(9-11-17)12-14-28-23(34)35-24(3,4)5/h8-11,15,18-19H,6-7,12-14,25H2,1-5H3,(H,28,34)(H,29,31)(H,30,32)(H3,26,27,33)/t18?,19-/m1/s1. The molecule has 11 nitrogen and oxygen atoms in total. The average Bonchev–Trinajstić information content (AvgIpc) is 2.74. The van der Waals surface area contributed by atoms with Crippen molar-refractivity contribution in [2.45, 2.75) is 71.6 Å². The maximum atomic E-state index is 12.9. The monoisotopic (exact) mass is 492 g/mol. The topological polar surface area (TPSA) is 178 Å². The number of alkyl carbamates (subject to hydrolysis) is 1. The van der Waals surface area contributed by atoms with Gasteiger partial charge in [0, 0.05) is 18.8 Å². The molecule has 1 unspecified atom stereocenters. The van der Waals surface area contributed by atoms with Crippen LogP contribution >= 0.6 is 0 Å². The summed E-state index contributed by atoms with van der Waals surface area (Å²) in [6.45, 7) is 9.72. The molecule has 1 aromatic carbocycles. The molecule has 0 heterocycles. The predicted molar refractivity (Wildman–Crippen MR) is 135 cm³/mol. The van der Waals surface area contributed by atoms with Crippen LogP contribution in [0.5, 0.6) is 0 Å². The molecule has 0 radical (unpaired) electrons. The van der Waals surface area contributed by atoms with Gasteiger partial charge in [0.15, 0.2) is 0 Å². The lowest BCUT2D eigenvalue weighted by Crippen LogP contribution is -2.51. The maximum absolute atomic E-state index is 12.9. The lowest BCUT2D eigenvalue weighted by atomic mass is 10.0. The fourth-order valence-electron chi connectivity index (χ4n) is 2.96. The number of primary amides is 1. The van der Waals surface area contributed by atoms with Crippen LogP contribution in [0.25, 0.3) is 0 Å². The van der Waals surface area contributed by atoms with E-state index in [1.54, 1.807) is 32.9 Å². The largest absolute Gasteiger partial charge is 0.444 e. The molecule has 196 valence electrons. The summed E-state index contributed by atoms with van der Waals surface area (Å²) in [5, 5.41) is 10.7. The minimum atomic E-state index is -0.834. The highest BCUT2D eigenvalue weighted by atomic mass is 16.6. The summed E-state index contributed by atoms with van der Waals surface area (Å²) in [6.07, 6.45) is 0.836. The second kappa shape index (κ2) is 14.1. The Bertz CT molecular complexity index is 851. The average molecular weight is 493 g/mol. The molecule has 0 spiro atoms. The highest BCUT2D eigenvalue weighted by Gasteiger charge is 2.25. The fraction of sp³-hybridized carbons (Fsp3) is 0.583. The summed E-state index contributed by atoms with van der Waals surface area (Å²) in [5.74, 6) is -0.906. The molecule has 0 saturated carbocycles. The smallest absolute Gasteiger partial charge is 0.407 e. The second-order valence-corrected chi connectivity index (χ2v) is 9.63. The van der Waals surface area contributed by atoms with Gasteiger partial charge in [0.25, 0.3) is 0 Å². The zero-order valence-electron chi connectivity index (χ0n) is 21.3. The third-order valence-corrected chi connectivity index (χ3v) is 4.93. The maximum Gasteiger partial charge on any atom is 0.407 e. The first-order valence-electron chi connectivity index (χ1n) is 11.7. The number of anilines is 1. The van der Waals surface area contributed by atoms with E-state index in [4.69, 9.17) is 16.2 Å². The predicted octanol–water partition coefficient (Wildman–Crippen LogP) is 1.61. The van der Waals surface area contributed by atoms with Gasteiger partial charge in [0.05, 0.1) is 6.04 Å². The molecule has 0 aliphatic heterocycles. The van der Waals surface area contributed by atoms with Crippen molar-refractivity contribution in [3.63, 3.8) is 0 Å². The first-order chi connectivity index (χ1) is 16.3. The summed E-state index contributed by atoms with van der Waals surface area (Å²) in [4.78, 5) is 47.9. The molecule has 0 fully saturated rings. The third-order valence-electron chi connectivity index (χ3n) is 4.93. The van der Waals surface area contributed by atoms with Crippen LogP contribution in [0, 0.1) is 5.92 Å². The number of amides is 5. The van der Waals surface area contributed by atoms with E-state index < -0.39 is 41.6 Å². The Labute approximate surface area is 207 Å². The molecular weight excluding hydrogens is 452 g/mol. The Kier molecular flexibility index (Phi) is 12.0. The van der Waals surface area contributed by atoms with Gasteiger partial charge in [-0.15, -0.1) is 0 Å². The number of carbonyl (C=O) groups excluding carboxylic acids is 4. The van der Waals surface area contributed by atoms with Gasteiger partial charge in [0.2, 0.25) is 11.8 Å². The quantitative estimate of drug-likeness (QED) is 0.241. The van der Waals surface area contributed by atoms with Crippen LogP contribution in [-0.2, 0) is 20.7 Å². The van der Waals surface area contributed by atoms with Crippen molar-refractivity contribution in [1.82, 2.24) is 16.0 Å². The van der Waals surface area contributed by atoms with E-state index in [9.17, 15) is 19.2 Å². The first kappa shape index (κ1) is 29.7. The van der Waals surface area contributed by atoms with Gasteiger partial charge in [-0.05, 0) is 63.6 Å². The third kappa shape index (κ3) is 12.6. The van der Waals surface area contributed by atoms with E-state index in [0.29, 0.717) is 25.1 Å². The molecule has 1 aromatic rings. The number of rotatable bonds is 12. The first-order valence-corrected chi connectivity index (χ1v) is 11.7. The van der Waals surface area contributed by atoms with Crippen LogP contribution in [0.1, 0.15) is 53.0 Å². The molecule has 11 heteroatoms. The Morgan fingerprint density at radius 2 is 1.60 bits per heavy atom. The molecule has 0 aliphatic rings. The fourth-order valence-corrected chi connectivity index (χ4v) is 2.96. The Morgan fingerprint density at radius 3 is 2.14 bits per heavy atom. The summed E-state index contributed by atoms with van der Waals surface area (Å²) < 4.78 is 5.20.